The highest BCUT2D eigenvalue weighted by Gasteiger charge is 2.21. The summed E-state index contributed by atoms with van der Waals surface area (Å²) in [5.41, 5.74) is 6.10. The maximum atomic E-state index is 12.2. The lowest BCUT2D eigenvalue weighted by Crippen LogP contribution is -2.16. The van der Waals surface area contributed by atoms with Crippen LogP contribution in [-0.2, 0) is 0 Å². The Morgan fingerprint density at radius 3 is 2.62 bits per heavy atom. The molecule has 1 aromatic carbocycles. The molecule has 0 aliphatic carbocycles. The Labute approximate surface area is 131 Å². The second-order valence-electron chi connectivity index (χ2n) is 4.22. The zero-order chi connectivity index (χ0) is 15.0. The predicted molar refractivity (Wildman–Crippen MR) is 84.7 cm³/mol. The van der Waals surface area contributed by atoms with Gasteiger partial charge in [-0.2, -0.15) is 0 Å². The van der Waals surface area contributed by atoms with E-state index in [0.29, 0.717) is 21.5 Å². The largest absolute Gasteiger partial charge is 0.449 e. The third-order valence-corrected chi connectivity index (χ3v) is 4.48. The van der Waals surface area contributed by atoms with Crippen molar-refractivity contribution in [1.29, 1.82) is 0 Å². The van der Waals surface area contributed by atoms with Gasteiger partial charge in [0.2, 0.25) is 5.76 Å². The molecule has 5 nitrogen and oxygen atoms in total. The van der Waals surface area contributed by atoms with Crippen molar-refractivity contribution in [3.63, 3.8) is 0 Å². The lowest BCUT2D eigenvalue weighted by Gasteiger charge is -2.02. The van der Waals surface area contributed by atoms with Crippen LogP contribution in [0.4, 0.5) is 5.69 Å². The number of fused-ring (bicyclic) bond motifs is 1. The van der Waals surface area contributed by atoms with E-state index >= 15 is 0 Å². The lowest BCUT2D eigenvalue weighted by molar-refractivity contribution is 0.0977. The van der Waals surface area contributed by atoms with Gasteiger partial charge in [0.15, 0.2) is 0 Å². The number of primary amides is 1. The van der Waals surface area contributed by atoms with E-state index in [-0.39, 0.29) is 11.7 Å². The van der Waals surface area contributed by atoms with Crippen molar-refractivity contribution in [3.05, 3.63) is 50.8 Å². The second kappa shape index (κ2) is 5.34. The number of nitrogens with two attached hydrogens (primary N) is 1. The zero-order valence-corrected chi connectivity index (χ0v) is 13.0. The second-order valence-corrected chi connectivity index (χ2v) is 6.69. The summed E-state index contributed by atoms with van der Waals surface area (Å²) in [5.74, 6) is -1.10. The molecular formula is C14H9BrN2O3S. The van der Waals surface area contributed by atoms with Crippen LogP contribution in [0.5, 0.6) is 0 Å². The first kappa shape index (κ1) is 13.8. The van der Waals surface area contributed by atoms with Gasteiger partial charge in [-0.1, -0.05) is 12.1 Å². The molecule has 0 saturated heterocycles. The Bertz CT molecular complexity index is 853. The molecule has 3 N–H and O–H groups in total. The molecule has 0 fully saturated rings. The minimum absolute atomic E-state index is 0.0554. The fraction of sp³-hybridized carbons (Fsp3) is 0. The molecule has 0 radical (unpaired) electrons. The molecule has 0 atom stereocenters. The van der Waals surface area contributed by atoms with Crippen molar-refractivity contribution >= 4 is 55.7 Å². The standard InChI is InChI=1S/C14H9BrN2O3S/c15-10-6-5-9(21-10)14(19)17-11-7-3-1-2-4-8(7)20-12(11)13(16)18/h1-6H,(H2,16,18)(H,17,19). The predicted octanol–water partition coefficient (Wildman–Crippen LogP) is 3.61. The molecule has 2 aromatic heterocycles. The first-order chi connectivity index (χ1) is 10.1. The number of hydrogen-bond donors (Lipinski definition) is 2. The summed E-state index contributed by atoms with van der Waals surface area (Å²) < 4.78 is 6.25. The number of rotatable bonds is 3. The van der Waals surface area contributed by atoms with E-state index in [2.05, 4.69) is 21.2 Å². The first-order valence-corrected chi connectivity index (χ1v) is 7.55. The number of benzene rings is 1. The van der Waals surface area contributed by atoms with Crippen LogP contribution in [-0.4, -0.2) is 11.8 Å². The fourth-order valence-corrected chi connectivity index (χ4v) is 3.24. The Morgan fingerprint density at radius 2 is 1.95 bits per heavy atom. The summed E-state index contributed by atoms with van der Waals surface area (Å²) in [7, 11) is 0. The first-order valence-electron chi connectivity index (χ1n) is 5.94. The summed E-state index contributed by atoms with van der Waals surface area (Å²) >= 11 is 4.60. The number of hydrogen-bond acceptors (Lipinski definition) is 4. The van der Waals surface area contributed by atoms with E-state index < -0.39 is 5.91 Å². The van der Waals surface area contributed by atoms with Gasteiger partial charge >= 0.3 is 0 Å². The number of para-hydroxylation sites is 1. The number of carbonyl (C=O) groups is 2. The summed E-state index contributed by atoms with van der Waals surface area (Å²) in [6, 6.07) is 10.5. The molecule has 2 amide bonds. The average molecular weight is 365 g/mol. The number of anilines is 1. The fourth-order valence-electron chi connectivity index (χ4n) is 1.95. The lowest BCUT2D eigenvalue weighted by atomic mass is 10.2. The molecule has 0 bridgehead atoms. The molecule has 2 heterocycles. The Balaban J connectivity index is 2.05. The molecule has 3 aromatic rings. The van der Waals surface area contributed by atoms with Crippen molar-refractivity contribution in [2.24, 2.45) is 5.73 Å². The monoisotopic (exact) mass is 364 g/mol. The number of amides is 2. The van der Waals surface area contributed by atoms with Gasteiger partial charge in [0.05, 0.1) is 8.66 Å². The summed E-state index contributed by atoms with van der Waals surface area (Å²) in [6.45, 7) is 0. The van der Waals surface area contributed by atoms with Gasteiger partial charge in [-0.15, -0.1) is 11.3 Å². The molecule has 0 unspecified atom stereocenters. The third-order valence-electron chi connectivity index (χ3n) is 2.85. The number of thiophene rings is 1. The molecule has 0 aliphatic rings. The third kappa shape index (κ3) is 2.57. The van der Waals surface area contributed by atoms with E-state index in [0.717, 1.165) is 3.79 Å². The molecule has 7 heteroatoms. The Morgan fingerprint density at radius 1 is 1.19 bits per heavy atom. The SMILES string of the molecule is NC(=O)c1oc2ccccc2c1NC(=O)c1ccc(Br)s1. The highest BCUT2D eigenvalue weighted by Crippen LogP contribution is 2.31. The average Bonchev–Trinajstić information content (AvgIpc) is 3.03. The van der Waals surface area contributed by atoms with Gasteiger partial charge in [-0.05, 0) is 40.2 Å². The maximum absolute atomic E-state index is 12.2. The zero-order valence-electron chi connectivity index (χ0n) is 10.6. The van der Waals surface area contributed by atoms with Gasteiger partial charge in [0.1, 0.15) is 11.3 Å². The topological polar surface area (TPSA) is 85.3 Å². The summed E-state index contributed by atoms with van der Waals surface area (Å²) in [5, 5.41) is 3.34. The van der Waals surface area contributed by atoms with Crippen LogP contribution in [0.3, 0.4) is 0 Å². The van der Waals surface area contributed by atoms with Crippen molar-refractivity contribution in [3.8, 4) is 0 Å². The Kier molecular flexibility index (Phi) is 3.52. The van der Waals surface area contributed by atoms with Gasteiger partial charge in [0, 0.05) is 5.39 Å². The molecule has 3 rings (SSSR count). The highest BCUT2D eigenvalue weighted by molar-refractivity contribution is 9.11. The molecular weight excluding hydrogens is 356 g/mol. The Hall–Kier alpha value is -2.12. The van der Waals surface area contributed by atoms with Crippen LogP contribution < -0.4 is 11.1 Å². The van der Waals surface area contributed by atoms with Gasteiger partial charge < -0.3 is 15.5 Å². The van der Waals surface area contributed by atoms with E-state index in [1.165, 1.54) is 11.3 Å². The van der Waals surface area contributed by atoms with Crippen molar-refractivity contribution in [2.45, 2.75) is 0 Å². The van der Waals surface area contributed by atoms with Crippen molar-refractivity contribution in [1.82, 2.24) is 0 Å². The molecule has 106 valence electrons. The molecule has 21 heavy (non-hydrogen) atoms. The number of nitrogens with one attached hydrogen (secondary N) is 1. The summed E-state index contributed by atoms with van der Waals surface area (Å²) in [6.07, 6.45) is 0. The minimum atomic E-state index is -0.728. The van der Waals surface area contributed by atoms with E-state index in [4.69, 9.17) is 10.2 Å². The van der Waals surface area contributed by atoms with Crippen LogP contribution in [0.15, 0.2) is 44.6 Å². The summed E-state index contributed by atoms with van der Waals surface area (Å²) in [4.78, 5) is 24.2. The van der Waals surface area contributed by atoms with Gasteiger partial charge in [-0.25, -0.2) is 0 Å². The van der Waals surface area contributed by atoms with Crippen LogP contribution in [0.1, 0.15) is 20.2 Å². The smallest absolute Gasteiger partial charge is 0.286 e. The molecule has 0 aliphatic heterocycles. The van der Waals surface area contributed by atoms with Crippen LogP contribution in [0.2, 0.25) is 0 Å². The molecule has 0 spiro atoms. The minimum Gasteiger partial charge on any atom is -0.449 e. The highest BCUT2D eigenvalue weighted by atomic mass is 79.9. The van der Waals surface area contributed by atoms with Crippen molar-refractivity contribution < 1.29 is 14.0 Å². The number of halogens is 1. The van der Waals surface area contributed by atoms with Gasteiger partial charge in [-0.3, -0.25) is 9.59 Å². The van der Waals surface area contributed by atoms with Crippen LogP contribution in [0, 0.1) is 0 Å². The van der Waals surface area contributed by atoms with E-state index in [9.17, 15) is 9.59 Å². The molecule has 0 saturated carbocycles. The number of carbonyl (C=O) groups excluding carboxylic acids is 2. The maximum Gasteiger partial charge on any atom is 0.286 e. The normalized spacial score (nSPS) is 10.7. The van der Waals surface area contributed by atoms with Crippen LogP contribution in [0.25, 0.3) is 11.0 Å². The van der Waals surface area contributed by atoms with Crippen LogP contribution >= 0.6 is 27.3 Å². The van der Waals surface area contributed by atoms with Gasteiger partial charge in [0.25, 0.3) is 11.8 Å². The number of furan rings is 1. The van der Waals surface area contributed by atoms with E-state index in [1.54, 1.807) is 36.4 Å². The van der Waals surface area contributed by atoms with Crippen molar-refractivity contribution in [2.75, 3.05) is 5.32 Å². The van der Waals surface area contributed by atoms with E-state index in [1.807, 2.05) is 0 Å². The quantitative estimate of drug-likeness (QED) is 0.744.